The molecule has 0 saturated carbocycles. The summed E-state index contributed by atoms with van der Waals surface area (Å²) >= 11 is 6.34. The van der Waals surface area contributed by atoms with Crippen LogP contribution >= 0.6 is 11.6 Å². The number of pyridine rings is 1. The zero-order chi connectivity index (χ0) is 27.6. The molecule has 2 N–H and O–H groups in total. The summed E-state index contributed by atoms with van der Waals surface area (Å²) in [5.74, 6) is -1.17. The van der Waals surface area contributed by atoms with E-state index in [4.69, 9.17) is 22.1 Å². The highest BCUT2D eigenvalue weighted by atomic mass is 35.5. The van der Waals surface area contributed by atoms with Crippen LogP contribution in [0.4, 0.5) is 8.78 Å². The van der Waals surface area contributed by atoms with E-state index in [1.807, 2.05) is 0 Å². The maximum absolute atomic E-state index is 13.8. The smallest absolute Gasteiger partial charge is 0.297 e. The van der Waals surface area contributed by atoms with Crippen molar-refractivity contribution in [3.05, 3.63) is 87.2 Å². The third-order valence-corrected chi connectivity index (χ3v) is 6.37. The lowest BCUT2D eigenvalue weighted by Crippen LogP contribution is -2.46. The molecule has 10 nitrogen and oxygen atoms in total. The molecule has 4 rings (SSSR count). The fourth-order valence-corrected chi connectivity index (χ4v) is 4.33. The van der Waals surface area contributed by atoms with Crippen LogP contribution in [0.3, 0.4) is 0 Å². The molecule has 0 saturated heterocycles. The number of ether oxygens (including phenoxy) is 1. The zero-order valence-corrected chi connectivity index (χ0v) is 21.4. The van der Waals surface area contributed by atoms with Crippen LogP contribution in [0.15, 0.2) is 64.6 Å². The average molecular weight is 544 g/mol. The Bertz CT molecular complexity index is 1580. The molecule has 0 spiro atoms. The van der Waals surface area contributed by atoms with Gasteiger partial charge in [-0.15, -0.1) is 0 Å². The van der Waals surface area contributed by atoms with Crippen molar-refractivity contribution in [3.8, 4) is 5.69 Å². The zero-order valence-electron chi connectivity index (χ0n) is 20.7. The highest BCUT2D eigenvalue weighted by molar-refractivity contribution is 6.32. The van der Waals surface area contributed by atoms with Gasteiger partial charge < -0.3 is 15.0 Å². The number of alkyl halides is 2. The summed E-state index contributed by atoms with van der Waals surface area (Å²) < 4.78 is 34.8. The van der Waals surface area contributed by atoms with Gasteiger partial charge in [0.2, 0.25) is 0 Å². The van der Waals surface area contributed by atoms with Crippen LogP contribution < -0.4 is 11.3 Å². The first-order valence-corrected chi connectivity index (χ1v) is 11.7. The van der Waals surface area contributed by atoms with Gasteiger partial charge in [0.1, 0.15) is 6.33 Å². The van der Waals surface area contributed by atoms with E-state index in [9.17, 15) is 18.4 Å². The highest BCUT2D eigenvalue weighted by Gasteiger charge is 2.30. The second-order valence-corrected chi connectivity index (χ2v) is 8.68. The molecule has 0 aliphatic heterocycles. The van der Waals surface area contributed by atoms with E-state index < -0.39 is 24.2 Å². The van der Waals surface area contributed by atoms with Gasteiger partial charge in [-0.3, -0.25) is 19.5 Å². The number of rotatable bonds is 7. The first kappa shape index (κ1) is 26.9. The minimum atomic E-state index is -2.89. The molecule has 0 radical (unpaired) electrons. The Morgan fingerprint density at radius 3 is 2.66 bits per heavy atom. The predicted octanol–water partition coefficient (Wildman–Crippen LogP) is 3.48. The summed E-state index contributed by atoms with van der Waals surface area (Å²) in [5, 5.41) is 4.71. The lowest BCUT2D eigenvalue weighted by molar-refractivity contribution is 0.0699. The number of nitrogens with two attached hydrogens (primary N) is 1. The number of aromatic nitrogens is 4. The minimum absolute atomic E-state index is 0.00975. The van der Waals surface area contributed by atoms with Crippen molar-refractivity contribution < 1.29 is 18.3 Å². The molecular formula is C25H24ClF2N7O3. The van der Waals surface area contributed by atoms with E-state index in [1.165, 1.54) is 41.8 Å². The van der Waals surface area contributed by atoms with Crippen molar-refractivity contribution in [2.24, 2.45) is 17.8 Å². The Hall–Kier alpha value is -4.16. The highest BCUT2D eigenvalue weighted by Crippen LogP contribution is 2.31. The maximum atomic E-state index is 13.8. The number of methoxy groups -OCH3 is 1. The van der Waals surface area contributed by atoms with Crippen LogP contribution in [-0.4, -0.2) is 56.9 Å². The normalized spacial score (nSPS) is 12.8. The topological polar surface area (TPSA) is 121 Å². The molecule has 2 heterocycles. The number of hydrogen-bond acceptors (Lipinski definition) is 6. The molecular weight excluding hydrogens is 520 g/mol. The fraction of sp³-hybridized carbons (Fsp3) is 0.240. The molecule has 0 fully saturated rings. The summed E-state index contributed by atoms with van der Waals surface area (Å²) in [6.45, 7) is -0.00975. The lowest BCUT2D eigenvalue weighted by atomic mass is 10.0. The van der Waals surface area contributed by atoms with Crippen molar-refractivity contribution in [3.63, 3.8) is 0 Å². The predicted molar refractivity (Wildman–Crippen MR) is 139 cm³/mol. The number of carbonyl (C=O) groups excluding carboxylic acids is 1. The summed E-state index contributed by atoms with van der Waals surface area (Å²) in [5.41, 5.74) is 7.58. The third kappa shape index (κ3) is 5.00. The van der Waals surface area contributed by atoms with Gasteiger partial charge in [-0.1, -0.05) is 17.7 Å². The molecule has 2 aromatic heterocycles. The molecule has 0 aliphatic carbocycles. The molecule has 0 aliphatic rings. The molecule has 2 aromatic carbocycles. The number of amides is 1. The molecule has 1 amide bonds. The standard InChI is InChI=1S/C25H24ClF2N7O3/c1-30-25(29)34(24(37)16-5-8-18-14(10-16)6-9-21(36)33(18)2)20(12-38-3)15-4-7-17(26)19(11-15)35-23(22(27)28)31-13-32-35/h4-11,13,20,22H,12H2,1-3H3,(H2,29,30)/t20-/m1/s1. The largest absolute Gasteiger partial charge is 0.382 e. The summed E-state index contributed by atoms with van der Waals surface area (Å²) in [4.78, 5) is 34.7. The molecule has 13 heteroatoms. The van der Waals surface area contributed by atoms with Gasteiger partial charge in [0.05, 0.1) is 28.9 Å². The number of benzene rings is 2. The molecule has 198 valence electrons. The number of hydrogen-bond donors (Lipinski definition) is 1. The van der Waals surface area contributed by atoms with E-state index in [0.717, 1.165) is 11.0 Å². The van der Waals surface area contributed by atoms with Gasteiger partial charge in [0.25, 0.3) is 17.9 Å². The quantitative estimate of drug-likeness (QED) is 0.281. The molecule has 0 unspecified atom stereocenters. The molecule has 4 aromatic rings. The maximum Gasteiger partial charge on any atom is 0.297 e. The summed E-state index contributed by atoms with van der Waals surface area (Å²) in [7, 11) is 4.53. The molecule has 1 atom stereocenters. The number of nitrogens with zero attached hydrogens (tertiary/aromatic N) is 6. The van der Waals surface area contributed by atoms with E-state index in [1.54, 1.807) is 37.4 Å². The van der Waals surface area contributed by atoms with Gasteiger partial charge >= 0.3 is 0 Å². The van der Waals surface area contributed by atoms with Crippen molar-refractivity contribution >= 4 is 34.4 Å². The van der Waals surface area contributed by atoms with Gasteiger partial charge in [-0.25, -0.2) is 18.4 Å². The third-order valence-electron chi connectivity index (χ3n) is 6.06. The Morgan fingerprint density at radius 1 is 1.21 bits per heavy atom. The fourth-order valence-electron chi connectivity index (χ4n) is 4.13. The second kappa shape index (κ2) is 11.1. The van der Waals surface area contributed by atoms with Crippen LogP contribution in [0.5, 0.6) is 0 Å². The van der Waals surface area contributed by atoms with Gasteiger partial charge in [0, 0.05) is 32.8 Å². The van der Waals surface area contributed by atoms with Crippen LogP contribution in [0.1, 0.15) is 34.2 Å². The number of halogens is 3. The summed E-state index contributed by atoms with van der Waals surface area (Å²) in [6.07, 6.45) is -1.88. The van der Waals surface area contributed by atoms with Crippen LogP contribution in [0.25, 0.3) is 16.6 Å². The van der Waals surface area contributed by atoms with Gasteiger partial charge in [-0.05, 0) is 47.3 Å². The van der Waals surface area contributed by atoms with Crippen LogP contribution in [0.2, 0.25) is 5.02 Å². The van der Waals surface area contributed by atoms with E-state index in [0.29, 0.717) is 16.5 Å². The Balaban J connectivity index is 1.82. The van der Waals surface area contributed by atoms with Crippen molar-refractivity contribution in [1.29, 1.82) is 0 Å². The van der Waals surface area contributed by atoms with Crippen molar-refractivity contribution in [1.82, 2.24) is 24.2 Å². The molecule has 0 bridgehead atoms. The van der Waals surface area contributed by atoms with Gasteiger partial charge in [-0.2, -0.15) is 5.10 Å². The Kier molecular flexibility index (Phi) is 7.83. The number of aliphatic imine (C=N–C) groups is 1. The Labute approximate surface area is 220 Å². The first-order valence-electron chi connectivity index (χ1n) is 11.3. The monoisotopic (exact) mass is 543 g/mol. The van der Waals surface area contributed by atoms with E-state index >= 15 is 0 Å². The van der Waals surface area contributed by atoms with E-state index in [-0.39, 0.29) is 34.4 Å². The second-order valence-electron chi connectivity index (χ2n) is 8.27. The van der Waals surface area contributed by atoms with Crippen molar-refractivity contribution in [2.45, 2.75) is 12.5 Å². The number of guanidine groups is 1. The SMILES string of the molecule is CN=C(N)N(C(=O)c1ccc2c(ccc(=O)n2C)c1)[C@H](COC)c1ccc(Cl)c(-n2ncnc2C(F)F)c1. The number of fused-ring (bicyclic) bond motifs is 1. The Morgan fingerprint density at radius 2 is 1.97 bits per heavy atom. The lowest BCUT2D eigenvalue weighted by Gasteiger charge is -2.31. The number of carbonyl (C=O) groups is 1. The average Bonchev–Trinajstić information content (AvgIpc) is 3.40. The van der Waals surface area contributed by atoms with E-state index in [2.05, 4.69) is 15.1 Å². The van der Waals surface area contributed by atoms with Gasteiger partial charge in [0.15, 0.2) is 11.8 Å². The minimum Gasteiger partial charge on any atom is -0.382 e. The first-order chi connectivity index (χ1) is 18.2. The number of aryl methyl sites for hydroxylation is 1. The van der Waals surface area contributed by atoms with Crippen molar-refractivity contribution in [2.75, 3.05) is 20.8 Å². The molecule has 38 heavy (non-hydrogen) atoms. The van der Waals surface area contributed by atoms with Crippen LogP contribution in [-0.2, 0) is 11.8 Å². The summed E-state index contributed by atoms with van der Waals surface area (Å²) in [6, 6.07) is 11.8. The van der Waals surface area contributed by atoms with Crippen LogP contribution in [0, 0.1) is 0 Å².